The molecule has 162 valence electrons. The van der Waals surface area contributed by atoms with Crippen molar-refractivity contribution in [3.05, 3.63) is 108 Å². The lowest BCUT2D eigenvalue weighted by atomic mass is 9.92. The quantitative estimate of drug-likeness (QED) is 0.306. The topological polar surface area (TPSA) is 133 Å². The molecule has 6 nitrogen and oxygen atoms in total. The van der Waals surface area contributed by atoms with Crippen LogP contribution in [0.5, 0.6) is 0 Å². The Hall–Kier alpha value is -3.84. The number of nitrogen functional groups attached to an aromatic ring is 3. The number of hydrogen-bond donors (Lipinski definition) is 5. The van der Waals surface area contributed by atoms with Gasteiger partial charge in [-0.1, -0.05) is 18.2 Å². The zero-order valence-electron chi connectivity index (χ0n) is 17.4. The fourth-order valence-corrected chi connectivity index (χ4v) is 4.67. The molecule has 3 aromatic carbocycles. The first-order chi connectivity index (χ1) is 15.4. The number of allylic oxidation sites excluding steroid dienone is 1. The van der Waals surface area contributed by atoms with Gasteiger partial charge in [0.25, 0.3) is 5.91 Å². The summed E-state index contributed by atoms with van der Waals surface area (Å²) in [7, 11) is 0. The van der Waals surface area contributed by atoms with E-state index in [1.165, 1.54) is 5.56 Å². The van der Waals surface area contributed by atoms with Crippen LogP contribution in [0, 0.1) is 0 Å². The highest BCUT2D eigenvalue weighted by Gasteiger charge is 2.54. The van der Waals surface area contributed by atoms with Gasteiger partial charge in [-0.15, -0.1) is 11.8 Å². The van der Waals surface area contributed by atoms with E-state index in [4.69, 9.17) is 22.9 Å². The van der Waals surface area contributed by atoms with Gasteiger partial charge in [0.1, 0.15) is 0 Å². The number of rotatable bonds is 3. The van der Waals surface area contributed by atoms with E-state index in [-0.39, 0.29) is 10.7 Å². The molecule has 0 radical (unpaired) electrons. The summed E-state index contributed by atoms with van der Waals surface area (Å²) in [5.41, 5.74) is 28.1. The van der Waals surface area contributed by atoms with Gasteiger partial charge in [0, 0.05) is 39.3 Å². The summed E-state index contributed by atoms with van der Waals surface area (Å²) in [4.78, 5) is 11.8. The summed E-state index contributed by atoms with van der Waals surface area (Å²) < 4.78 is 0.135. The Labute approximate surface area is 191 Å². The van der Waals surface area contributed by atoms with E-state index in [9.17, 15) is 4.79 Å². The molecule has 0 saturated carbocycles. The van der Waals surface area contributed by atoms with Gasteiger partial charge < -0.3 is 28.3 Å². The third kappa shape index (κ3) is 4.73. The van der Waals surface area contributed by atoms with Crippen LogP contribution in [0.3, 0.4) is 0 Å². The highest BCUT2D eigenvalue weighted by molar-refractivity contribution is 8.08. The number of anilines is 4. The van der Waals surface area contributed by atoms with Crippen molar-refractivity contribution < 1.29 is 4.79 Å². The van der Waals surface area contributed by atoms with Crippen LogP contribution >= 0.6 is 11.8 Å². The minimum absolute atomic E-state index is 0.135. The zero-order valence-corrected chi connectivity index (χ0v) is 18.2. The molecular weight excluding hydrogens is 418 g/mol. The summed E-state index contributed by atoms with van der Waals surface area (Å²) in [5.74, 6) is -0.172. The van der Waals surface area contributed by atoms with Gasteiger partial charge in [-0.05, 0) is 78.4 Å². The molecule has 2 unspecified atom stereocenters. The van der Waals surface area contributed by atoms with Crippen molar-refractivity contribution >= 4 is 40.4 Å². The fraction of sp³-hybridized carbons (Fsp3) is 0.0800. The number of benzene rings is 3. The fourth-order valence-electron chi connectivity index (χ4n) is 3.39. The average molecular weight is 444 g/mol. The van der Waals surface area contributed by atoms with Gasteiger partial charge in [0.15, 0.2) is 0 Å². The molecule has 1 aliphatic carbocycles. The van der Waals surface area contributed by atoms with Crippen molar-refractivity contribution in [1.29, 1.82) is 0 Å². The van der Waals surface area contributed by atoms with Crippen LogP contribution in [0.4, 0.5) is 22.7 Å². The SMILES string of the molecule is NC1=CC2SC2(c2ccc(N)cc2)C=C1.Nc1ccc(NC(=O)c2ccc(N)cc2)cc1. The van der Waals surface area contributed by atoms with Crippen molar-refractivity contribution in [3.63, 3.8) is 0 Å². The summed E-state index contributed by atoms with van der Waals surface area (Å²) in [6.07, 6.45) is 6.32. The van der Waals surface area contributed by atoms with E-state index in [0.717, 1.165) is 11.4 Å². The van der Waals surface area contributed by atoms with Crippen LogP contribution in [0.1, 0.15) is 15.9 Å². The van der Waals surface area contributed by atoms with Crippen LogP contribution in [-0.2, 0) is 4.75 Å². The number of fused-ring (bicyclic) bond motifs is 1. The van der Waals surface area contributed by atoms with Gasteiger partial charge in [-0.25, -0.2) is 0 Å². The van der Waals surface area contributed by atoms with E-state index in [1.807, 2.05) is 30.0 Å². The predicted molar refractivity (Wildman–Crippen MR) is 135 cm³/mol. The maximum atomic E-state index is 11.8. The number of amides is 1. The van der Waals surface area contributed by atoms with Crippen molar-refractivity contribution in [2.45, 2.75) is 10.00 Å². The molecule has 2 atom stereocenters. The lowest BCUT2D eigenvalue weighted by Gasteiger charge is -2.13. The molecule has 1 saturated heterocycles. The molecule has 1 fully saturated rings. The number of carbonyl (C=O) groups is 1. The van der Waals surface area contributed by atoms with Crippen LogP contribution in [-0.4, -0.2) is 11.2 Å². The summed E-state index contributed by atoms with van der Waals surface area (Å²) in [5, 5.41) is 3.28. The van der Waals surface area contributed by atoms with E-state index in [0.29, 0.717) is 27.9 Å². The highest BCUT2D eigenvalue weighted by Crippen LogP contribution is 2.64. The second-order valence-corrected chi connectivity index (χ2v) is 9.07. The van der Waals surface area contributed by atoms with Crippen LogP contribution in [0.15, 0.2) is 96.7 Å². The second-order valence-electron chi connectivity index (χ2n) is 7.65. The lowest BCUT2D eigenvalue weighted by molar-refractivity contribution is 0.102. The summed E-state index contributed by atoms with van der Waals surface area (Å²) in [6.45, 7) is 0. The van der Waals surface area contributed by atoms with Crippen LogP contribution < -0.4 is 28.3 Å². The van der Waals surface area contributed by atoms with Crippen LogP contribution in [0.2, 0.25) is 0 Å². The van der Waals surface area contributed by atoms with E-state index in [2.05, 4.69) is 29.6 Å². The van der Waals surface area contributed by atoms with Gasteiger partial charge in [-0.3, -0.25) is 4.79 Å². The molecule has 3 aromatic rings. The molecule has 0 spiro atoms. The van der Waals surface area contributed by atoms with E-state index >= 15 is 0 Å². The van der Waals surface area contributed by atoms with Crippen LogP contribution in [0.25, 0.3) is 0 Å². The normalized spacial score (nSPS) is 20.2. The van der Waals surface area contributed by atoms with Gasteiger partial charge >= 0.3 is 0 Å². The smallest absolute Gasteiger partial charge is 0.255 e. The van der Waals surface area contributed by atoms with E-state index in [1.54, 1.807) is 48.5 Å². The molecule has 1 aliphatic heterocycles. The largest absolute Gasteiger partial charge is 0.399 e. The van der Waals surface area contributed by atoms with Crippen molar-refractivity contribution in [1.82, 2.24) is 0 Å². The van der Waals surface area contributed by atoms with E-state index < -0.39 is 0 Å². The Morgan fingerprint density at radius 2 is 1.31 bits per heavy atom. The molecule has 32 heavy (non-hydrogen) atoms. The minimum Gasteiger partial charge on any atom is -0.399 e. The number of thioether (sulfide) groups is 1. The Morgan fingerprint density at radius 3 is 1.88 bits per heavy atom. The molecule has 2 aliphatic rings. The second kappa shape index (κ2) is 8.72. The Kier molecular flexibility index (Phi) is 5.83. The number of nitrogens with one attached hydrogen (secondary N) is 1. The van der Waals surface area contributed by atoms with Crippen molar-refractivity contribution in [2.24, 2.45) is 5.73 Å². The first-order valence-electron chi connectivity index (χ1n) is 10.1. The molecule has 5 rings (SSSR count). The molecule has 1 heterocycles. The third-order valence-corrected chi connectivity index (χ3v) is 6.78. The number of hydrogen-bond acceptors (Lipinski definition) is 6. The van der Waals surface area contributed by atoms with Gasteiger partial charge in [-0.2, -0.15) is 0 Å². The molecule has 7 heteroatoms. The monoisotopic (exact) mass is 443 g/mol. The molecule has 9 N–H and O–H groups in total. The molecule has 1 amide bonds. The highest BCUT2D eigenvalue weighted by atomic mass is 32.2. The summed E-state index contributed by atoms with van der Waals surface area (Å²) in [6, 6.07) is 21.8. The lowest BCUT2D eigenvalue weighted by Crippen LogP contribution is -2.13. The standard InChI is InChI=1S/C13H13N3O.C12H12N2S/c14-10-3-1-9(2-4-10)13(17)16-12-7-5-11(15)6-8-12;13-9-3-1-8(2-4-9)12-6-5-10(14)7-11(12)15-12/h1-8H,14-15H2,(H,16,17);1-7,11H,13-14H2. The zero-order chi connectivity index (χ0) is 22.7. The third-order valence-electron chi connectivity index (χ3n) is 5.26. The Bertz CT molecular complexity index is 1170. The molecule has 0 aromatic heterocycles. The van der Waals surface area contributed by atoms with Gasteiger partial charge in [0.05, 0.1) is 4.75 Å². The van der Waals surface area contributed by atoms with Crippen molar-refractivity contribution in [2.75, 3.05) is 22.5 Å². The maximum absolute atomic E-state index is 11.8. The maximum Gasteiger partial charge on any atom is 0.255 e. The molecule has 0 bridgehead atoms. The van der Waals surface area contributed by atoms with Crippen molar-refractivity contribution in [3.8, 4) is 0 Å². The average Bonchev–Trinajstić information content (AvgIpc) is 3.51. The first-order valence-corrected chi connectivity index (χ1v) is 11.0. The van der Waals surface area contributed by atoms with Gasteiger partial charge in [0.2, 0.25) is 0 Å². The predicted octanol–water partition coefficient (Wildman–Crippen LogP) is 4.10. The number of nitrogens with two attached hydrogens (primary N) is 4. The minimum atomic E-state index is -0.172. The first kappa shape index (κ1) is 21.4. The Balaban J connectivity index is 0.000000154. The molecular formula is C25H25N5OS. The Morgan fingerprint density at radius 1 is 0.781 bits per heavy atom. The number of carbonyl (C=O) groups excluding carboxylic acids is 1. The summed E-state index contributed by atoms with van der Waals surface area (Å²) >= 11 is 1.93.